The Morgan fingerprint density at radius 3 is 2.84 bits per heavy atom. The van der Waals surface area contributed by atoms with Gasteiger partial charge in [0.25, 0.3) is 5.91 Å². The zero-order valence-corrected chi connectivity index (χ0v) is 14.4. The summed E-state index contributed by atoms with van der Waals surface area (Å²) in [5.74, 6) is 0.482. The second-order valence-corrected chi connectivity index (χ2v) is 6.24. The fourth-order valence-corrected chi connectivity index (χ4v) is 2.79. The minimum atomic E-state index is -0.238. The van der Waals surface area contributed by atoms with Gasteiger partial charge in [0.2, 0.25) is 5.91 Å². The van der Waals surface area contributed by atoms with Crippen molar-refractivity contribution in [1.29, 1.82) is 0 Å². The maximum atomic E-state index is 12.1. The van der Waals surface area contributed by atoms with Gasteiger partial charge in [-0.15, -0.1) is 0 Å². The van der Waals surface area contributed by atoms with Crippen LogP contribution in [0.3, 0.4) is 0 Å². The summed E-state index contributed by atoms with van der Waals surface area (Å²) in [6.45, 7) is 1.80. The number of ether oxygens (including phenoxy) is 2. The normalized spacial score (nSPS) is 20.4. The van der Waals surface area contributed by atoms with E-state index in [1.807, 2.05) is 24.3 Å². The van der Waals surface area contributed by atoms with Gasteiger partial charge in [-0.3, -0.25) is 9.59 Å². The molecule has 0 aromatic heterocycles. The smallest absolute Gasteiger partial charge is 0.267 e. The summed E-state index contributed by atoms with van der Waals surface area (Å²) >= 11 is 0. The second kappa shape index (κ2) is 8.11. The summed E-state index contributed by atoms with van der Waals surface area (Å²) in [5, 5.41) is 8.06. The number of nitrogens with zero attached hydrogens (tertiary/aromatic N) is 2. The van der Waals surface area contributed by atoms with Crippen molar-refractivity contribution >= 4 is 17.5 Å². The van der Waals surface area contributed by atoms with Crippen LogP contribution in [0.5, 0.6) is 5.75 Å². The van der Waals surface area contributed by atoms with Crippen LogP contribution in [0.25, 0.3) is 0 Å². The molecule has 134 valence electrons. The summed E-state index contributed by atoms with van der Waals surface area (Å²) in [5.41, 5.74) is 1.36. The van der Waals surface area contributed by atoms with Crippen LogP contribution in [0, 0.1) is 0 Å². The Bertz CT molecular complexity index is 651. The highest BCUT2D eigenvalue weighted by molar-refractivity contribution is 6.39. The summed E-state index contributed by atoms with van der Waals surface area (Å²) < 4.78 is 11.2. The van der Waals surface area contributed by atoms with E-state index in [1.54, 1.807) is 7.05 Å². The number of nitrogens with one attached hydrogen (secondary N) is 1. The molecule has 2 aliphatic rings. The Balaban J connectivity index is 1.45. The Labute approximate surface area is 147 Å². The monoisotopic (exact) mass is 345 g/mol. The van der Waals surface area contributed by atoms with Crippen LogP contribution < -0.4 is 10.1 Å². The highest BCUT2D eigenvalue weighted by Gasteiger charge is 2.21. The lowest BCUT2D eigenvalue weighted by atomic mass is 10.1. The molecule has 0 radical (unpaired) electrons. The number of amides is 2. The van der Waals surface area contributed by atoms with Crippen molar-refractivity contribution in [2.75, 3.05) is 20.3 Å². The minimum Gasteiger partial charge on any atom is -0.491 e. The van der Waals surface area contributed by atoms with Gasteiger partial charge in [0.1, 0.15) is 18.1 Å². The molecule has 1 saturated heterocycles. The summed E-state index contributed by atoms with van der Waals surface area (Å²) in [4.78, 5) is 23.5. The van der Waals surface area contributed by atoms with Gasteiger partial charge in [0.15, 0.2) is 0 Å². The first-order chi connectivity index (χ1) is 12.1. The third-order valence-corrected chi connectivity index (χ3v) is 4.31. The molecule has 1 fully saturated rings. The van der Waals surface area contributed by atoms with E-state index in [9.17, 15) is 9.59 Å². The number of carbonyl (C=O) groups excluding carboxylic acids is 2. The van der Waals surface area contributed by atoms with Crippen molar-refractivity contribution in [2.24, 2.45) is 5.10 Å². The molecule has 0 bridgehead atoms. The van der Waals surface area contributed by atoms with Crippen LogP contribution >= 0.6 is 0 Å². The lowest BCUT2D eigenvalue weighted by molar-refractivity contribution is -0.130. The molecule has 7 heteroatoms. The molecule has 0 spiro atoms. The molecule has 0 aliphatic carbocycles. The zero-order chi connectivity index (χ0) is 17.6. The molecule has 3 rings (SSSR count). The van der Waals surface area contributed by atoms with E-state index in [4.69, 9.17) is 9.47 Å². The lowest BCUT2D eigenvalue weighted by Gasteiger charge is -2.18. The van der Waals surface area contributed by atoms with Gasteiger partial charge >= 0.3 is 0 Å². The quantitative estimate of drug-likeness (QED) is 0.847. The van der Waals surface area contributed by atoms with Crippen LogP contribution in [-0.4, -0.2) is 48.9 Å². The van der Waals surface area contributed by atoms with Crippen molar-refractivity contribution in [1.82, 2.24) is 10.3 Å². The first kappa shape index (κ1) is 17.4. The van der Waals surface area contributed by atoms with Crippen LogP contribution in [0.4, 0.5) is 0 Å². The highest BCUT2D eigenvalue weighted by Crippen LogP contribution is 2.16. The van der Waals surface area contributed by atoms with Gasteiger partial charge in [-0.2, -0.15) is 5.10 Å². The van der Waals surface area contributed by atoms with Crippen LogP contribution in [-0.2, 0) is 20.9 Å². The number of hydrogen-bond acceptors (Lipinski definition) is 5. The summed E-state index contributed by atoms with van der Waals surface area (Å²) in [6.07, 6.45) is 3.04. The minimum absolute atomic E-state index is 0.0739. The molecular formula is C18H23N3O4. The molecule has 1 N–H and O–H groups in total. The molecule has 7 nitrogen and oxygen atoms in total. The summed E-state index contributed by atoms with van der Waals surface area (Å²) in [7, 11) is 1.56. The Kier molecular flexibility index (Phi) is 5.65. The standard InChI is InChI=1S/C18H23N3O4/c1-21-17(22)9-8-16(20-21)18(23)19-11-13-4-6-14(7-5-13)25-12-15-3-2-10-24-15/h4-7,15H,2-3,8-12H2,1H3,(H,19,23). The number of hydrogen-bond donors (Lipinski definition) is 1. The molecule has 1 unspecified atom stereocenters. The van der Waals surface area contributed by atoms with Crippen molar-refractivity contribution < 1.29 is 19.1 Å². The first-order valence-corrected chi connectivity index (χ1v) is 8.57. The van der Waals surface area contributed by atoms with Gasteiger partial charge < -0.3 is 14.8 Å². The van der Waals surface area contributed by atoms with E-state index in [-0.39, 0.29) is 17.9 Å². The maximum absolute atomic E-state index is 12.1. The van der Waals surface area contributed by atoms with Gasteiger partial charge in [-0.05, 0) is 30.5 Å². The first-order valence-electron chi connectivity index (χ1n) is 8.57. The molecule has 1 atom stereocenters. The van der Waals surface area contributed by atoms with E-state index in [1.165, 1.54) is 5.01 Å². The Morgan fingerprint density at radius 1 is 1.36 bits per heavy atom. The fraction of sp³-hybridized carbons (Fsp3) is 0.500. The molecule has 2 aliphatic heterocycles. The number of benzene rings is 1. The third-order valence-electron chi connectivity index (χ3n) is 4.31. The van der Waals surface area contributed by atoms with E-state index in [0.29, 0.717) is 31.7 Å². The van der Waals surface area contributed by atoms with E-state index in [2.05, 4.69) is 10.4 Å². The van der Waals surface area contributed by atoms with Crippen molar-refractivity contribution in [3.05, 3.63) is 29.8 Å². The van der Waals surface area contributed by atoms with E-state index >= 15 is 0 Å². The fourth-order valence-electron chi connectivity index (χ4n) is 2.79. The Morgan fingerprint density at radius 2 is 2.16 bits per heavy atom. The third kappa shape index (κ3) is 4.79. The van der Waals surface area contributed by atoms with Gasteiger partial charge in [0.05, 0.1) is 6.10 Å². The molecule has 0 saturated carbocycles. The van der Waals surface area contributed by atoms with Crippen LogP contribution in [0.2, 0.25) is 0 Å². The topological polar surface area (TPSA) is 80.2 Å². The molecular weight excluding hydrogens is 322 g/mol. The largest absolute Gasteiger partial charge is 0.491 e. The lowest BCUT2D eigenvalue weighted by Crippen LogP contribution is -2.37. The molecule has 25 heavy (non-hydrogen) atoms. The average Bonchev–Trinajstić information content (AvgIpc) is 3.14. The van der Waals surface area contributed by atoms with Crippen molar-refractivity contribution in [2.45, 2.75) is 38.3 Å². The Hall–Kier alpha value is -2.41. The zero-order valence-electron chi connectivity index (χ0n) is 14.4. The number of carbonyl (C=O) groups is 2. The van der Waals surface area contributed by atoms with Crippen LogP contribution in [0.15, 0.2) is 29.4 Å². The van der Waals surface area contributed by atoms with E-state index in [0.717, 1.165) is 30.8 Å². The molecule has 1 aromatic carbocycles. The maximum Gasteiger partial charge on any atom is 0.267 e. The second-order valence-electron chi connectivity index (χ2n) is 6.24. The van der Waals surface area contributed by atoms with Crippen molar-refractivity contribution in [3.8, 4) is 5.75 Å². The molecule has 2 heterocycles. The number of hydrazone groups is 1. The predicted molar refractivity (Wildman–Crippen MR) is 92.2 cm³/mol. The summed E-state index contributed by atoms with van der Waals surface area (Å²) in [6, 6.07) is 7.62. The van der Waals surface area contributed by atoms with Gasteiger partial charge in [-0.1, -0.05) is 12.1 Å². The SMILES string of the molecule is CN1N=C(C(=O)NCc2ccc(OCC3CCCO3)cc2)CCC1=O. The predicted octanol–water partition coefficient (Wildman–Crippen LogP) is 1.47. The van der Waals surface area contributed by atoms with Crippen molar-refractivity contribution in [3.63, 3.8) is 0 Å². The highest BCUT2D eigenvalue weighted by atomic mass is 16.5. The van der Waals surface area contributed by atoms with Gasteiger partial charge in [-0.25, -0.2) is 5.01 Å². The van der Waals surface area contributed by atoms with Crippen LogP contribution in [0.1, 0.15) is 31.2 Å². The number of rotatable bonds is 6. The van der Waals surface area contributed by atoms with E-state index < -0.39 is 0 Å². The van der Waals surface area contributed by atoms with Gasteiger partial charge in [0, 0.05) is 33.0 Å². The molecule has 1 aromatic rings. The average molecular weight is 345 g/mol. The molecule has 2 amide bonds.